The predicted octanol–water partition coefficient (Wildman–Crippen LogP) is 0.189. The van der Waals surface area contributed by atoms with E-state index >= 15 is 0 Å². The van der Waals surface area contributed by atoms with E-state index in [2.05, 4.69) is 4.74 Å². The molecule has 0 rings (SSSR count). The molecule has 0 aromatic heterocycles. The van der Waals surface area contributed by atoms with Gasteiger partial charge in [-0.05, 0) is 6.92 Å². The molecule has 0 unspecified atom stereocenters. The van der Waals surface area contributed by atoms with Gasteiger partial charge in [-0.3, -0.25) is 4.79 Å². The van der Waals surface area contributed by atoms with E-state index in [1.54, 1.807) is 6.92 Å². The van der Waals surface area contributed by atoms with Gasteiger partial charge >= 0.3 is 5.97 Å². The fourth-order valence-electron chi connectivity index (χ4n) is 0.203. The third-order valence-electron chi connectivity index (χ3n) is 0.348. The molecule has 0 aliphatic carbocycles. The molecule has 0 aromatic carbocycles. The first-order valence-electron chi connectivity index (χ1n) is 1.90. The van der Waals surface area contributed by atoms with Crippen LogP contribution in [0.4, 0.5) is 0 Å². The highest BCUT2D eigenvalue weighted by Gasteiger charge is 1.81. The molecule has 0 saturated heterocycles. The van der Waals surface area contributed by atoms with Crippen molar-refractivity contribution < 1.29 is 9.53 Å². The van der Waals surface area contributed by atoms with Crippen molar-refractivity contribution in [2.75, 3.05) is 6.61 Å². The third-order valence-corrected chi connectivity index (χ3v) is 0.348. The second-order valence-corrected chi connectivity index (χ2v) is 0.925. The van der Waals surface area contributed by atoms with Crippen molar-refractivity contribution in [1.29, 1.82) is 0 Å². The van der Waals surface area contributed by atoms with E-state index in [4.69, 9.17) is 0 Å². The molecule has 0 spiro atoms. The first kappa shape index (κ1) is 9.73. The predicted molar refractivity (Wildman–Crippen MR) is 28.1 cm³/mol. The first-order valence-corrected chi connectivity index (χ1v) is 1.90. The summed E-state index contributed by atoms with van der Waals surface area (Å²) in [5.74, 6) is -0.211. The van der Waals surface area contributed by atoms with Gasteiger partial charge in [0, 0.05) is 15.3 Å². The summed E-state index contributed by atoms with van der Waals surface area (Å²) in [6.45, 7) is 3.65. The molecule has 3 heteroatoms. The first-order chi connectivity index (χ1) is 2.77. The molecule has 0 aliphatic rings. The van der Waals surface area contributed by atoms with Crippen LogP contribution in [-0.4, -0.2) is 21.0 Å². The average molecular weight is 98.9 g/mol. The van der Waals surface area contributed by atoms with E-state index in [-0.39, 0.29) is 14.4 Å². The minimum atomic E-state index is -0.211. The van der Waals surface area contributed by atoms with E-state index < -0.39 is 0 Å². The van der Waals surface area contributed by atoms with E-state index in [0.29, 0.717) is 6.61 Å². The lowest BCUT2D eigenvalue weighted by Gasteiger charge is -1.89. The number of rotatable bonds is 1. The largest absolute Gasteiger partial charge is 0.466 e. The maximum Gasteiger partial charge on any atom is 0.302 e. The second-order valence-electron chi connectivity index (χ2n) is 0.925. The molecule has 0 bridgehead atoms. The van der Waals surface area contributed by atoms with E-state index in [0.717, 1.165) is 0 Å². The Morgan fingerprint density at radius 2 is 2.14 bits per heavy atom. The minimum Gasteiger partial charge on any atom is -0.466 e. The maximum atomic E-state index is 9.82. The summed E-state index contributed by atoms with van der Waals surface area (Å²) >= 11 is 0. The van der Waals surface area contributed by atoms with Gasteiger partial charge in [-0.15, -0.1) is 0 Å². The lowest BCUT2D eigenvalue weighted by atomic mass is 10.8. The molecule has 3 radical (unpaired) electrons. The Kier molecular flexibility index (Phi) is 7.70. The van der Waals surface area contributed by atoms with Crippen LogP contribution in [0.25, 0.3) is 0 Å². The number of hydrogen-bond donors (Lipinski definition) is 0. The SMILES string of the molecule is CCOC(C)=O.[B]. The average Bonchev–Trinajstić information content (AvgIpc) is 1.35. The Morgan fingerprint density at radius 3 is 2.14 bits per heavy atom. The summed E-state index contributed by atoms with van der Waals surface area (Å²) in [6, 6.07) is 0. The molecule has 39 valence electrons. The van der Waals surface area contributed by atoms with Gasteiger partial charge in [-0.2, -0.15) is 0 Å². The van der Waals surface area contributed by atoms with Gasteiger partial charge in [0.25, 0.3) is 0 Å². The standard InChI is InChI=1S/C4H8O2.B/c1-3-6-4(2)5;/h3H2,1-2H3;. The quantitative estimate of drug-likeness (QED) is 0.346. The molecule has 7 heavy (non-hydrogen) atoms. The summed E-state index contributed by atoms with van der Waals surface area (Å²) in [7, 11) is 0. The lowest BCUT2D eigenvalue weighted by molar-refractivity contribution is -0.140. The van der Waals surface area contributed by atoms with Gasteiger partial charge < -0.3 is 4.74 Å². The van der Waals surface area contributed by atoms with Crippen LogP contribution >= 0.6 is 0 Å². The van der Waals surface area contributed by atoms with E-state index in [1.807, 2.05) is 0 Å². The Bertz CT molecular complexity index is 53.7. The van der Waals surface area contributed by atoms with Gasteiger partial charge in [-0.25, -0.2) is 0 Å². The second kappa shape index (κ2) is 5.53. The van der Waals surface area contributed by atoms with Crippen LogP contribution < -0.4 is 0 Å². The van der Waals surface area contributed by atoms with Gasteiger partial charge in [0.05, 0.1) is 6.61 Å². The highest BCUT2D eigenvalue weighted by Crippen LogP contribution is 1.69. The highest BCUT2D eigenvalue weighted by molar-refractivity contribution is 5.75. The van der Waals surface area contributed by atoms with Crippen LogP contribution in [0, 0.1) is 0 Å². The summed E-state index contributed by atoms with van der Waals surface area (Å²) in [5.41, 5.74) is 0. The zero-order chi connectivity index (χ0) is 4.99. The monoisotopic (exact) mass is 99.1 g/mol. The zero-order valence-electron chi connectivity index (χ0n) is 4.60. The fraction of sp³-hybridized carbons (Fsp3) is 0.750. The number of esters is 1. The van der Waals surface area contributed by atoms with Gasteiger partial charge in [0.1, 0.15) is 0 Å². The smallest absolute Gasteiger partial charge is 0.302 e. The molecular formula is C4H8BO2. The Hall–Kier alpha value is -0.465. The molecule has 0 aliphatic heterocycles. The normalized spacial score (nSPS) is 6.57. The van der Waals surface area contributed by atoms with E-state index in [1.165, 1.54) is 6.92 Å². The molecule has 0 atom stereocenters. The summed E-state index contributed by atoms with van der Waals surface area (Å²) in [6.07, 6.45) is 0. The van der Waals surface area contributed by atoms with Crippen molar-refractivity contribution in [1.82, 2.24) is 0 Å². The van der Waals surface area contributed by atoms with Crippen molar-refractivity contribution in [3.63, 3.8) is 0 Å². The molecule has 0 heterocycles. The Balaban J connectivity index is 0. The molecule has 0 amide bonds. The van der Waals surface area contributed by atoms with Crippen molar-refractivity contribution in [2.45, 2.75) is 13.8 Å². The maximum absolute atomic E-state index is 9.82. The van der Waals surface area contributed by atoms with Gasteiger partial charge in [0.15, 0.2) is 0 Å². The van der Waals surface area contributed by atoms with Crippen LogP contribution in [0.3, 0.4) is 0 Å². The summed E-state index contributed by atoms with van der Waals surface area (Å²) in [4.78, 5) is 9.82. The van der Waals surface area contributed by atoms with Crippen molar-refractivity contribution >= 4 is 14.4 Å². The number of ether oxygens (including phenoxy) is 1. The summed E-state index contributed by atoms with van der Waals surface area (Å²) < 4.78 is 4.40. The lowest BCUT2D eigenvalue weighted by Crippen LogP contribution is -1.95. The number of carbonyl (C=O) groups is 1. The van der Waals surface area contributed by atoms with Crippen LogP contribution in [0.2, 0.25) is 0 Å². The van der Waals surface area contributed by atoms with Gasteiger partial charge in [-0.1, -0.05) is 0 Å². The third kappa shape index (κ3) is 10.8. The van der Waals surface area contributed by atoms with Crippen molar-refractivity contribution in [2.24, 2.45) is 0 Å². The molecule has 0 aromatic rings. The molecule has 0 N–H and O–H groups in total. The zero-order valence-corrected chi connectivity index (χ0v) is 4.60. The van der Waals surface area contributed by atoms with Crippen LogP contribution in [-0.2, 0) is 9.53 Å². The highest BCUT2D eigenvalue weighted by atomic mass is 16.5. The van der Waals surface area contributed by atoms with Crippen molar-refractivity contribution in [3.8, 4) is 0 Å². The number of hydrogen-bond acceptors (Lipinski definition) is 2. The topological polar surface area (TPSA) is 26.3 Å². The molecule has 0 saturated carbocycles. The fourth-order valence-corrected chi connectivity index (χ4v) is 0.203. The van der Waals surface area contributed by atoms with Crippen molar-refractivity contribution in [3.05, 3.63) is 0 Å². The Morgan fingerprint density at radius 1 is 1.71 bits per heavy atom. The molecule has 2 nitrogen and oxygen atoms in total. The van der Waals surface area contributed by atoms with Gasteiger partial charge in [0.2, 0.25) is 0 Å². The Labute approximate surface area is 45.4 Å². The minimum absolute atomic E-state index is 0. The van der Waals surface area contributed by atoms with E-state index in [9.17, 15) is 4.79 Å². The molecule has 0 fully saturated rings. The van der Waals surface area contributed by atoms with Crippen LogP contribution in [0.15, 0.2) is 0 Å². The molecular weight excluding hydrogens is 90.9 g/mol. The number of carbonyl (C=O) groups excluding carboxylic acids is 1. The summed E-state index contributed by atoms with van der Waals surface area (Å²) in [5, 5.41) is 0. The van der Waals surface area contributed by atoms with Crippen LogP contribution in [0.1, 0.15) is 13.8 Å². The van der Waals surface area contributed by atoms with Crippen LogP contribution in [0.5, 0.6) is 0 Å².